The Morgan fingerprint density at radius 3 is 2.54 bits per heavy atom. The zero-order chi connectivity index (χ0) is 20.9. The Bertz CT molecular complexity index is 689. The molecule has 9 nitrogen and oxygen atoms in total. The van der Waals surface area contributed by atoms with Crippen molar-refractivity contribution in [1.29, 1.82) is 5.26 Å². The molecule has 0 aromatic heterocycles. The van der Waals surface area contributed by atoms with Gasteiger partial charge in [-0.3, -0.25) is 4.79 Å². The van der Waals surface area contributed by atoms with Gasteiger partial charge in [0.2, 0.25) is 5.91 Å². The highest BCUT2D eigenvalue weighted by molar-refractivity contribution is 5.84. The molecule has 1 aromatic carbocycles. The SMILES string of the molecule is COC(=O)[C@H](C[C@@H](C)C#N)NC(=O)C[C@H](O)CNC(=O)OCc1ccccc1. The molecule has 152 valence electrons. The third-order valence-electron chi connectivity index (χ3n) is 3.75. The van der Waals surface area contributed by atoms with Crippen molar-refractivity contribution < 1.29 is 29.0 Å². The summed E-state index contributed by atoms with van der Waals surface area (Å²) in [5.41, 5.74) is 0.818. The number of hydrogen-bond acceptors (Lipinski definition) is 7. The van der Waals surface area contributed by atoms with E-state index in [1.54, 1.807) is 19.1 Å². The zero-order valence-corrected chi connectivity index (χ0v) is 15.9. The van der Waals surface area contributed by atoms with E-state index >= 15 is 0 Å². The molecule has 0 radical (unpaired) electrons. The number of nitrogens with zero attached hydrogens (tertiary/aromatic N) is 1. The van der Waals surface area contributed by atoms with Gasteiger partial charge in [-0.2, -0.15) is 5.26 Å². The van der Waals surface area contributed by atoms with Gasteiger partial charge in [0.05, 0.1) is 25.7 Å². The van der Waals surface area contributed by atoms with Gasteiger partial charge in [0.15, 0.2) is 0 Å². The minimum atomic E-state index is -1.17. The van der Waals surface area contributed by atoms with Crippen molar-refractivity contribution in [3.05, 3.63) is 35.9 Å². The molecule has 0 aliphatic rings. The fraction of sp³-hybridized carbons (Fsp3) is 0.474. The number of alkyl carbamates (subject to hydrolysis) is 1. The van der Waals surface area contributed by atoms with E-state index in [-0.39, 0.29) is 26.0 Å². The van der Waals surface area contributed by atoms with Gasteiger partial charge in [0, 0.05) is 12.5 Å². The maximum absolute atomic E-state index is 12.0. The summed E-state index contributed by atoms with van der Waals surface area (Å²) in [6, 6.07) is 10.1. The molecule has 0 spiro atoms. The molecule has 1 aromatic rings. The van der Waals surface area contributed by atoms with E-state index in [0.717, 1.165) is 5.56 Å². The summed E-state index contributed by atoms with van der Waals surface area (Å²) in [7, 11) is 1.18. The van der Waals surface area contributed by atoms with Crippen LogP contribution in [0.25, 0.3) is 0 Å². The van der Waals surface area contributed by atoms with Crippen LogP contribution in [0.2, 0.25) is 0 Å². The Morgan fingerprint density at radius 1 is 1.25 bits per heavy atom. The van der Waals surface area contributed by atoms with E-state index in [1.165, 1.54) is 7.11 Å². The molecule has 0 fully saturated rings. The van der Waals surface area contributed by atoms with Gasteiger partial charge in [-0.25, -0.2) is 9.59 Å². The van der Waals surface area contributed by atoms with E-state index in [2.05, 4.69) is 15.4 Å². The lowest BCUT2D eigenvalue weighted by Crippen LogP contribution is -2.44. The standard InChI is InChI=1S/C19H25N3O6/c1-13(10-20)8-16(18(25)27-2)22-17(24)9-15(23)11-21-19(26)28-12-14-6-4-3-5-7-14/h3-7,13,15-16,23H,8-9,11-12H2,1-2H3,(H,21,26)(H,22,24)/t13-,15+,16+/m1/s1. The number of nitriles is 1. The predicted molar refractivity (Wildman–Crippen MR) is 98.6 cm³/mol. The first-order valence-electron chi connectivity index (χ1n) is 8.75. The minimum Gasteiger partial charge on any atom is -0.467 e. The molecule has 3 atom stereocenters. The number of amides is 2. The van der Waals surface area contributed by atoms with Gasteiger partial charge < -0.3 is 25.2 Å². The summed E-state index contributed by atoms with van der Waals surface area (Å²) < 4.78 is 9.60. The molecule has 0 unspecified atom stereocenters. The van der Waals surface area contributed by atoms with Crippen LogP contribution >= 0.6 is 0 Å². The molecule has 0 aliphatic carbocycles. The van der Waals surface area contributed by atoms with Gasteiger partial charge in [0.25, 0.3) is 0 Å². The largest absolute Gasteiger partial charge is 0.467 e. The first kappa shape index (κ1) is 22.9. The average molecular weight is 391 g/mol. The Morgan fingerprint density at radius 2 is 1.93 bits per heavy atom. The van der Waals surface area contributed by atoms with Crippen LogP contribution in [-0.2, 0) is 25.7 Å². The molecule has 28 heavy (non-hydrogen) atoms. The number of aliphatic hydroxyl groups is 1. The summed E-state index contributed by atoms with van der Waals surface area (Å²) in [6.07, 6.45) is -2.14. The van der Waals surface area contributed by atoms with Crippen molar-refractivity contribution in [2.75, 3.05) is 13.7 Å². The topological polar surface area (TPSA) is 138 Å². The summed E-state index contributed by atoms with van der Waals surface area (Å²) in [6.45, 7) is 1.50. The first-order valence-corrected chi connectivity index (χ1v) is 8.75. The van der Waals surface area contributed by atoms with Gasteiger partial charge in [-0.1, -0.05) is 30.3 Å². The zero-order valence-electron chi connectivity index (χ0n) is 15.9. The highest BCUT2D eigenvalue weighted by atomic mass is 16.5. The smallest absolute Gasteiger partial charge is 0.407 e. The van der Waals surface area contributed by atoms with Crippen LogP contribution in [0.4, 0.5) is 4.79 Å². The van der Waals surface area contributed by atoms with E-state index in [9.17, 15) is 19.5 Å². The average Bonchev–Trinajstić information content (AvgIpc) is 2.70. The van der Waals surface area contributed by atoms with Crippen LogP contribution in [-0.4, -0.2) is 48.9 Å². The van der Waals surface area contributed by atoms with E-state index < -0.39 is 36.0 Å². The monoisotopic (exact) mass is 391 g/mol. The van der Waals surface area contributed by atoms with Crippen molar-refractivity contribution in [3.8, 4) is 6.07 Å². The van der Waals surface area contributed by atoms with Crippen molar-refractivity contribution in [1.82, 2.24) is 10.6 Å². The summed E-state index contributed by atoms with van der Waals surface area (Å²) in [5.74, 6) is -1.74. The minimum absolute atomic E-state index is 0.0845. The first-order chi connectivity index (χ1) is 13.3. The van der Waals surface area contributed by atoms with Crippen LogP contribution in [0, 0.1) is 17.2 Å². The normalized spacial score (nSPS) is 13.4. The maximum Gasteiger partial charge on any atom is 0.407 e. The number of hydrogen-bond donors (Lipinski definition) is 3. The van der Waals surface area contributed by atoms with E-state index in [1.807, 2.05) is 24.3 Å². The van der Waals surface area contributed by atoms with E-state index in [4.69, 9.17) is 10.00 Å². The summed E-state index contributed by atoms with van der Waals surface area (Å²) in [4.78, 5) is 35.3. The number of aliphatic hydroxyl groups excluding tert-OH is 1. The molecule has 0 aliphatic heterocycles. The molecule has 1 rings (SSSR count). The Balaban J connectivity index is 2.36. The Kier molecular flexibility index (Phi) is 10.1. The van der Waals surface area contributed by atoms with Gasteiger partial charge in [-0.05, 0) is 18.9 Å². The molecule has 0 bridgehead atoms. The van der Waals surface area contributed by atoms with Crippen molar-refractivity contribution in [3.63, 3.8) is 0 Å². The molecule has 3 N–H and O–H groups in total. The third kappa shape index (κ3) is 9.00. The van der Waals surface area contributed by atoms with Crippen molar-refractivity contribution >= 4 is 18.0 Å². The van der Waals surface area contributed by atoms with Crippen molar-refractivity contribution in [2.24, 2.45) is 5.92 Å². The van der Waals surface area contributed by atoms with Crippen LogP contribution in [0.5, 0.6) is 0 Å². The Labute approximate surface area is 163 Å². The number of nitrogens with one attached hydrogen (secondary N) is 2. The number of carbonyl (C=O) groups is 3. The fourth-order valence-electron chi connectivity index (χ4n) is 2.28. The number of rotatable bonds is 10. The second kappa shape index (κ2) is 12.3. The number of ether oxygens (including phenoxy) is 2. The second-order valence-electron chi connectivity index (χ2n) is 6.21. The molecule has 9 heteroatoms. The summed E-state index contributed by atoms with van der Waals surface area (Å²) in [5, 5.41) is 23.5. The quantitative estimate of drug-likeness (QED) is 0.503. The van der Waals surface area contributed by atoms with Crippen LogP contribution in [0.3, 0.4) is 0 Å². The number of esters is 1. The van der Waals surface area contributed by atoms with Gasteiger partial charge in [-0.15, -0.1) is 0 Å². The molecule has 0 saturated carbocycles. The lowest BCUT2D eigenvalue weighted by molar-refractivity contribution is -0.145. The molecule has 2 amide bonds. The highest BCUT2D eigenvalue weighted by Crippen LogP contribution is 2.07. The maximum atomic E-state index is 12.0. The molecular weight excluding hydrogens is 366 g/mol. The predicted octanol–water partition coefficient (Wildman–Crippen LogP) is 0.871. The lowest BCUT2D eigenvalue weighted by Gasteiger charge is -2.18. The van der Waals surface area contributed by atoms with Gasteiger partial charge in [0.1, 0.15) is 12.6 Å². The highest BCUT2D eigenvalue weighted by Gasteiger charge is 2.24. The number of carbonyl (C=O) groups excluding carboxylic acids is 3. The Hall–Kier alpha value is -3.12. The van der Waals surface area contributed by atoms with Crippen LogP contribution in [0.1, 0.15) is 25.3 Å². The number of methoxy groups -OCH3 is 1. The van der Waals surface area contributed by atoms with Crippen LogP contribution < -0.4 is 10.6 Å². The fourth-order valence-corrected chi connectivity index (χ4v) is 2.28. The molecular formula is C19H25N3O6. The second-order valence-corrected chi connectivity index (χ2v) is 6.21. The number of benzene rings is 1. The molecule has 0 heterocycles. The van der Waals surface area contributed by atoms with Gasteiger partial charge >= 0.3 is 12.1 Å². The molecule has 0 saturated heterocycles. The third-order valence-corrected chi connectivity index (χ3v) is 3.75. The summed E-state index contributed by atoms with van der Waals surface area (Å²) >= 11 is 0. The lowest BCUT2D eigenvalue weighted by atomic mass is 10.0. The van der Waals surface area contributed by atoms with E-state index in [0.29, 0.717) is 0 Å². The van der Waals surface area contributed by atoms with Crippen molar-refractivity contribution in [2.45, 2.75) is 38.5 Å². The van der Waals surface area contributed by atoms with Crippen LogP contribution in [0.15, 0.2) is 30.3 Å².